The van der Waals surface area contributed by atoms with Crippen molar-refractivity contribution in [2.45, 2.75) is 46.1 Å². The van der Waals surface area contributed by atoms with Gasteiger partial charge in [0.2, 0.25) is 0 Å². The van der Waals surface area contributed by atoms with Gasteiger partial charge in [-0.25, -0.2) is 4.99 Å². The number of nitrogens with one attached hydrogen (secondary N) is 1. The molecule has 6 heteroatoms. The Morgan fingerprint density at radius 2 is 2.08 bits per heavy atom. The van der Waals surface area contributed by atoms with Gasteiger partial charge in [-0.05, 0) is 43.7 Å². The Hall–Kier alpha value is -2.11. The molecule has 25 heavy (non-hydrogen) atoms. The zero-order valence-corrected chi connectivity index (χ0v) is 15.6. The van der Waals surface area contributed by atoms with E-state index in [2.05, 4.69) is 41.3 Å². The second-order valence-corrected chi connectivity index (χ2v) is 7.22. The Morgan fingerprint density at radius 1 is 1.28 bits per heavy atom. The number of hydrogen-bond donors (Lipinski definition) is 1. The highest BCUT2D eigenvalue weighted by Crippen LogP contribution is 2.28. The molecule has 1 N–H and O–H groups in total. The fourth-order valence-corrected chi connectivity index (χ4v) is 3.60. The van der Waals surface area contributed by atoms with E-state index in [1.54, 1.807) is 0 Å². The van der Waals surface area contributed by atoms with Crippen LogP contribution in [0, 0.1) is 11.8 Å². The molecule has 0 bridgehead atoms. The fraction of sp³-hybridized carbons (Fsp3) is 0.632. The minimum absolute atomic E-state index is 0.527. The highest BCUT2D eigenvalue weighted by molar-refractivity contribution is 5.79. The van der Waals surface area contributed by atoms with Crippen LogP contribution in [0.2, 0.25) is 0 Å². The van der Waals surface area contributed by atoms with Gasteiger partial charge in [-0.2, -0.15) is 0 Å². The van der Waals surface area contributed by atoms with Crippen LogP contribution in [0.3, 0.4) is 0 Å². The minimum atomic E-state index is 0.527. The van der Waals surface area contributed by atoms with Crippen LogP contribution in [0.5, 0.6) is 0 Å². The number of pyridine rings is 1. The van der Waals surface area contributed by atoms with Crippen LogP contribution >= 0.6 is 0 Å². The number of rotatable bonds is 5. The summed E-state index contributed by atoms with van der Waals surface area (Å²) in [6, 6.07) is 5.92. The first kappa shape index (κ1) is 17.7. The molecule has 2 aromatic heterocycles. The molecule has 1 saturated carbocycles. The molecule has 0 amide bonds. The monoisotopic (exact) mass is 342 g/mol. The maximum atomic E-state index is 4.79. The first-order valence-corrected chi connectivity index (χ1v) is 9.45. The standard InChI is InChI=1S/C19H30N6/c1-4-20-19(24(3)14-16-10-8-15(2)9-11-16)21-13-18-23-22-17-7-5-6-12-25(17)18/h5-7,12,15-16H,4,8-11,13-14H2,1-3H3,(H,20,21). The molecule has 136 valence electrons. The third-order valence-electron chi connectivity index (χ3n) is 5.12. The summed E-state index contributed by atoms with van der Waals surface area (Å²) in [7, 11) is 2.14. The minimum Gasteiger partial charge on any atom is -0.357 e. The van der Waals surface area contributed by atoms with E-state index >= 15 is 0 Å². The van der Waals surface area contributed by atoms with E-state index in [9.17, 15) is 0 Å². The van der Waals surface area contributed by atoms with Crippen molar-refractivity contribution in [2.24, 2.45) is 16.8 Å². The molecule has 3 rings (SSSR count). The molecule has 0 aliphatic heterocycles. The van der Waals surface area contributed by atoms with Gasteiger partial charge in [0.25, 0.3) is 0 Å². The van der Waals surface area contributed by atoms with Crippen LogP contribution in [0.4, 0.5) is 0 Å². The first-order chi connectivity index (χ1) is 12.2. The SMILES string of the molecule is CCNC(=NCc1nnc2ccccn12)N(C)CC1CCC(C)CC1. The average Bonchev–Trinajstić information content (AvgIpc) is 3.04. The number of aliphatic imine (C=N–C) groups is 1. The van der Waals surface area contributed by atoms with Gasteiger partial charge in [0, 0.05) is 26.3 Å². The van der Waals surface area contributed by atoms with E-state index in [0.717, 1.165) is 42.4 Å². The Bertz CT molecular complexity index is 699. The Kier molecular flexibility index (Phi) is 5.89. The van der Waals surface area contributed by atoms with Crippen molar-refractivity contribution in [2.75, 3.05) is 20.1 Å². The number of hydrogen-bond acceptors (Lipinski definition) is 3. The van der Waals surface area contributed by atoms with Gasteiger partial charge in [-0.3, -0.25) is 4.40 Å². The highest BCUT2D eigenvalue weighted by atomic mass is 15.3. The van der Waals surface area contributed by atoms with Gasteiger partial charge in [-0.1, -0.05) is 25.8 Å². The largest absolute Gasteiger partial charge is 0.357 e. The smallest absolute Gasteiger partial charge is 0.194 e. The van der Waals surface area contributed by atoms with Crippen molar-refractivity contribution in [3.05, 3.63) is 30.2 Å². The van der Waals surface area contributed by atoms with Crippen LogP contribution in [0.15, 0.2) is 29.4 Å². The third kappa shape index (κ3) is 4.50. The van der Waals surface area contributed by atoms with Gasteiger partial charge in [0.05, 0.1) is 0 Å². The molecular formula is C19H30N6. The summed E-state index contributed by atoms with van der Waals surface area (Å²) in [5.74, 6) is 3.49. The lowest BCUT2D eigenvalue weighted by Gasteiger charge is -2.31. The molecule has 0 atom stereocenters. The van der Waals surface area contributed by atoms with Crippen LogP contribution in [0.1, 0.15) is 45.4 Å². The highest BCUT2D eigenvalue weighted by Gasteiger charge is 2.20. The fourth-order valence-electron chi connectivity index (χ4n) is 3.60. The maximum absolute atomic E-state index is 4.79. The molecule has 6 nitrogen and oxygen atoms in total. The van der Waals surface area contributed by atoms with E-state index in [1.165, 1.54) is 25.7 Å². The lowest BCUT2D eigenvalue weighted by molar-refractivity contribution is 0.250. The van der Waals surface area contributed by atoms with Gasteiger partial charge >= 0.3 is 0 Å². The maximum Gasteiger partial charge on any atom is 0.194 e. The predicted molar refractivity (Wildman–Crippen MR) is 102 cm³/mol. The number of fused-ring (bicyclic) bond motifs is 1. The van der Waals surface area contributed by atoms with E-state index in [1.807, 2.05) is 28.8 Å². The molecule has 0 spiro atoms. The average molecular weight is 342 g/mol. The Labute approximate surface area is 150 Å². The van der Waals surface area contributed by atoms with Crippen molar-refractivity contribution in [3.8, 4) is 0 Å². The molecule has 2 aromatic rings. The molecule has 0 unspecified atom stereocenters. The summed E-state index contributed by atoms with van der Waals surface area (Å²) in [5.41, 5.74) is 0.863. The molecule has 0 saturated heterocycles. The van der Waals surface area contributed by atoms with Crippen molar-refractivity contribution in [1.82, 2.24) is 24.8 Å². The van der Waals surface area contributed by atoms with Crippen molar-refractivity contribution in [1.29, 1.82) is 0 Å². The summed E-state index contributed by atoms with van der Waals surface area (Å²) in [6.45, 7) is 6.94. The molecule has 1 aliphatic carbocycles. The quantitative estimate of drug-likeness (QED) is 0.670. The number of guanidine groups is 1. The topological polar surface area (TPSA) is 57.8 Å². The summed E-state index contributed by atoms with van der Waals surface area (Å²) >= 11 is 0. The van der Waals surface area contributed by atoms with E-state index < -0.39 is 0 Å². The van der Waals surface area contributed by atoms with E-state index in [0.29, 0.717) is 6.54 Å². The van der Waals surface area contributed by atoms with E-state index in [-0.39, 0.29) is 0 Å². The van der Waals surface area contributed by atoms with Crippen LogP contribution in [-0.2, 0) is 6.54 Å². The normalized spacial score (nSPS) is 21.5. The molecule has 1 aliphatic rings. The van der Waals surface area contributed by atoms with Crippen molar-refractivity contribution < 1.29 is 0 Å². The van der Waals surface area contributed by atoms with Crippen LogP contribution < -0.4 is 5.32 Å². The third-order valence-corrected chi connectivity index (χ3v) is 5.12. The van der Waals surface area contributed by atoms with Gasteiger partial charge in [-0.15, -0.1) is 10.2 Å². The Morgan fingerprint density at radius 3 is 2.84 bits per heavy atom. The van der Waals surface area contributed by atoms with Crippen LogP contribution in [-0.4, -0.2) is 45.6 Å². The number of aromatic nitrogens is 3. The van der Waals surface area contributed by atoms with Crippen molar-refractivity contribution >= 4 is 11.6 Å². The summed E-state index contributed by atoms with van der Waals surface area (Å²) in [6.07, 6.45) is 7.37. The molecule has 0 radical (unpaired) electrons. The predicted octanol–water partition coefficient (Wildman–Crippen LogP) is 2.95. The van der Waals surface area contributed by atoms with Gasteiger partial charge in [0.15, 0.2) is 17.4 Å². The molecule has 0 aromatic carbocycles. The number of nitrogens with zero attached hydrogens (tertiary/aromatic N) is 5. The lowest BCUT2D eigenvalue weighted by Crippen LogP contribution is -2.41. The second-order valence-electron chi connectivity index (χ2n) is 7.22. The molecule has 1 fully saturated rings. The Balaban J connectivity index is 1.66. The lowest BCUT2D eigenvalue weighted by atomic mass is 9.83. The summed E-state index contributed by atoms with van der Waals surface area (Å²) < 4.78 is 2.00. The van der Waals surface area contributed by atoms with Gasteiger partial charge in [0.1, 0.15) is 6.54 Å². The summed E-state index contributed by atoms with van der Waals surface area (Å²) in [5, 5.41) is 11.9. The second kappa shape index (κ2) is 8.32. The van der Waals surface area contributed by atoms with Crippen molar-refractivity contribution in [3.63, 3.8) is 0 Å². The van der Waals surface area contributed by atoms with Crippen LogP contribution in [0.25, 0.3) is 5.65 Å². The molecular weight excluding hydrogens is 312 g/mol. The zero-order chi connectivity index (χ0) is 17.6. The van der Waals surface area contributed by atoms with Gasteiger partial charge < -0.3 is 10.2 Å². The first-order valence-electron chi connectivity index (χ1n) is 9.45. The van der Waals surface area contributed by atoms with E-state index in [4.69, 9.17) is 4.99 Å². The zero-order valence-electron chi connectivity index (χ0n) is 15.6. The molecule has 2 heterocycles. The summed E-state index contributed by atoms with van der Waals surface area (Å²) in [4.78, 5) is 7.07.